The van der Waals surface area contributed by atoms with Crippen molar-refractivity contribution in [3.8, 4) is 0 Å². The van der Waals surface area contributed by atoms with Crippen molar-refractivity contribution < 1.29 is 5.11 Å². The first-order valence-corrected chi connectivity index (χ1v) is 2.49. The van der Waals surface area contributed by atoms with E-state index in [2.05, 4.69) is 5.43 Å². The molecule has 1 saturated carbocycles. The van der Waals surface area contributed by atoms with E-state index in [0.717, 1.165) is 12.8 Å². The molecule has 0 aromatic heterocycles. The number of hydrogen-bond acceptors (Lipinski definition) is 3. The quantitative estimate of drug-likeness (QED) is 0.242. The van der Waals surface area contributed by atoms with Gasteiger partial charge in [0.05, 0.1) is 0 Å². The highest BCUT2D eigenvalue weighted by molar-refractivity contribution is 4.77. The molecule has 1 fully saturated rings. The van der Waals surface area contributed by atoms with Crippen LogP contribution in [0.25, 0.3) is 0 Å². The van der Waals surface area contributed by atoms with Crippen LogP contribution in [0.5, 0.6) is 0 Å². The highest BCUT2D eigenvalue weighted by Crippen LogP contribution is 2.30. The molecule has 0 aliphatic heterocycles. The molecule has 3 nitrogen and oxygen atoms in total. The summed E-state index contributed by atoms with van der Waals surface area (Å²) < 4.78 is 0. The van der Waals surface area contributed by atoms with Crippen LogP contribution >= 0.6 is 0 Å². The Bertz CT molecular complexity index is 62.7. The van der Waals surface area contributed by atoms with Crippen molar-refractivity contribution in [1.82, 2.24) is 5.43 Å². The molecule has 0 aromatic carbocycles. The van der Waals surface area contributed by atoms with Gasteiger partial charge in [0.15, 0.2) is 0 Å². The van der Waals surface area contributed by atoms with Crippen LogP contribution < -0.4 is 11.3 Å². The van der Waals surface area contributed by atoms with Gasteiger partial charge in [-0.1, -0.05) is 0 Å². The molecule has 0 heterocycles. The molecule has 3 heteroatoms. The lowest BCUT2D eigenvalue weighted by molar-refractivity contribution is 0.115. The first-order chi connectivity index (χ1) is 3.34. The van der Waals surface area contributed by atoms with Gasteiger partial charge >= 0.3 is 0 Å². The second-order valence-corrected chi connectivity index (χ2v) is 1.95. The standard InChI is InChI=1S/C4H10N2O/c5-6-4(7)3-1-2-3/h3-4,6-7H,1-2,5H2. The number of hydrazine groups is 1. The van der Waals surface area contributed by atoms with Gasteiger partial charge in [0, 0.05) is 0 Å². The third-order valence-electron chi connectivity index (χ3n) is 1.24. The van der Waals surface area contributed by atoms with Crippen LogP contribution in [0.2, 0.25) is 0 Å². The maximum Gasteiger partial charge on any atom is 0.119 e. The summed E-state index contributed by atoms with van der Waals surface area (Å²) in [6.07, 6.45) is 1.77. The summed E-state index contributed by atoms with van der Waals surface area (Å²) in [7, 11) is 0. The summed E-state index contributed by atoms with van der Waals surface area (Å²) >= 11 is 0. The van der Waals surface area contributed by atoms with E-state index in [-0.39, 0.29) is 0 Å². The van der Waals surface area contributed by atoms with E-state index in [4.69, 9.17) is 10.9 Å². The Morgan fingerprint density at radius 2 is 2.29 bits per heavy atom. The molecule has 1 rings (SSSR count). The predicted octanol–water partition coefficient (Wildman–Crippen LogP) is -0.822. The van der Waals surface area contributed by atoms with E-state index in [1.165, 1.54) is 0 Å². The zero-order valence-electron chi connectivity index (χ0n) is 4.09. The molecule has 1 aliphatic rings. The number of nitrogens with one attached hydrogen (secondary N) is 1. The summed E-state index contributed by atoms with van der Waals surface area (Å²) in [4.78, 5) is 0. The molecule has 4 N–H and O–H groups in total. The minimum atomic E-state index is -0.458. The Hall–Kier alpha value is -0.120. The Morgan fingerprint density at radius 1 is 1.71 bits per heavy atom. The lowest BCUT2D eigenvalue weighted by Crippen LogP contribution is -2.36. The van der Waals surface area contributed by atoms with Crippen molar-refractivity contribution >= 4 is 0 Å². The van der Waals surface area contributed by atoms with Gasteiger partial charge in [-0.3, -0.25) is 5.84 Å². The van der Waals surface area contributed by atoms with Crippen molar-refractivity contribution in [1.29, 1.82) is 0 Å². The van der Waals surface area contributed by atoms with E-state index in [1.54, 1.807) is 0 Å². The first-order valence-electron chi connectivity index (χ1n) is 2.49. The lowest BCUT2D eigenvalue weighted by Gasteiger charge is -2.03. The monoisotopic (exact) mass is 102 g/mol. The number of rotatable bonds is 2. The van der Waals surface area contributed by atoms with Gasteiger partial charge in [0.2, 0.25) is 0 Å². The molecule has 0 saturated heterocycles. The third kappa shape index (κ3) is 1.12. The second-order valence-electron chi connectivity index (χ2n) is 1.95. The minimum absolute atomic E-state index is 0.435. The molecular formula is C4H10N2O. The van der Waals surface area contributed by atoms with Crippen LogP contribution in [-0.2, 0) is 0 Å². The van der Waals surface area contributed by atoms with Crippen molar-refractivity contribution in [3.63, 3.8) is 0 Å². The van der Waals surface area contributed by atoms with Crippen LogP contribution in [0.4, 0.5) is 0 Å². The fourth-order valence-corrected chi connectivity index (χ4v) is 0.548. The molecule has 7 heavy (non-hydrogen) atoms. The third-order valence-corrected chi connectivity index (χ3v) is 1.24. The average Bonchev–Trinajstić information content (AvgIpc) is 2.44. The maximum absolute atomic E-state index is 8.76. The predicted molar refractivity (Wildman–Crippen MR) is 26.1 cm³/mol. The van der Waals surface area contributed by atoms with Crippen LogP contribution in [0.1, 0.15) is 12.8 Å². The van der Waals surface area contributed by atoms with Gasteiger partial charge in [-0.05, 0) is 18.8 Å². The van der Waals surface area contributed by atoms with E-state index in [0.29, 0.717) is 5.92 Å². The summed E-state index contributed by atoms with van der Waals surface area (Å²) in [6.45, 7) is 0. The van der Waals surface area contributed by atoms with Crippen molar-refractivity contribution in [2.24, 2.45) is 11.8 Å². The molecular weight excluding hydrogens is 92.1 g/mol. The lowest BCUT2D eigenvalue weighted by atomic mass is 10.4. The highest BCUT2D eigenvalue weighted by Gasteiger charge is 2.28. The normalized spacial score (nSPS) is 24.9. The first kappa shape index (κ1) is 5.03. The SMILES string of the molecule is NNC(O)C1CC1. The smallest absolute Gasteiger partial charge is 0.119 e. The van der Waals surface area contributed by atoms with Gasteiger partial charge in [-0.25, -0.2) is 5.43 Å². The van der Waals surface area contributed by atoms with E-state index < -0.39 is 6.23 Å². The maximum atomic E-state index is 8.76. The van der Waals surface area contributed by atoms with Gasteiger partial charge in [-0.2, -0.15) is 0 Å². The molecule has 1 unspecified atom stereocenters. The molecule has 0 aromatic rings. The molecule has 0 amide bonds. The Balaban J connectivity index is 2.10. The van der Waals surface area contributed by atoms with Crippen LogP contribution in [-0.4, -0.2) is 11.3 Å². The van der Waals surface area contributed by atoms with Crippen LogP contribution in [0.15, 0.2) is 0 Å². The summed E-state index contributed by atoms with van der Waals surface area (Å²) in [5.74, 6) is 5.35. The zero-order chi connectivity index (χ0) is 5.28. The Morgan fingerprint density at radius 3 is 2.43 bits per heavy atom. The second kappa shape index (κ2) is 1.78. The van der Waals surface area contributed by atoms with E-state index in [1.807, 2.05) is 0 Å². The zero-order valence-corrected chi connectivity index (χ0v) is 4.09. The summed E-state index contributed by atoms with van der Waals surface area (Å²) in [5.41, 5.74) is 2.28. The van der Waals surface area contributed by atoms with Gasteiger partial charge < -0.3 is 5.11 Å². The Kier molecular flexibility index (Phi) is 1.27. The molecule has 0 spiro atoms. The highest BCUT2D eigenvalue weighted by atomic mass is 16.3. The number of hydrogen-bond donors (Lipinski definition) is 3. The fourth-order valence-electron chi connectivity index (χ4n) is 0.548. The van der Waals surface area contributed by atoms with Gasteiger partial charge in [0.25, 0.3) is 0 Å². The average molecular weight is 102 g/mol. The summed E-state index contributed by atoms with van der Waals surface area (Å²) in [5, 5.41) is 8.76. The largest absolute Gasteiger partial charge is 0.377 e. The van der Waals surface area contributed by atoms with Gasteiger partial charge in [0.1, 0.15) is 6.23 Å². The molecule has 42 valence electrons. The topological polar surface area (TPSA) is 58.3 Å². The molecule has 0 radical (unpaired) electrons. The molecule has 1 atom stereocenters. The minimum Gasteiger partial charge on any atom is -0.377 e. The number of aliphatic hydroxyl groups excluding tert-OH is 1. The van der Waals surface area contributed by atoms with E-state index in [9.17, 15) is 0 Å². The molecule has 1 aliphatic carbocycles. The van der Waals surface area contributed by atoms with E-state index >= 15 is 0 Å². The number of nitrogens with two attached hydrogens (primary N) is 1. The van der Waals surface area contributed by atoms with Gasteiger partial charge in [-0.15, -0.1) is 0 Å². The van der Waals surface area contributed by atoms with Crippen molar-refractivity contribution in [2.75, 3.05) is 0 Å². The number of aliphatic hydroxyl groups is 1. The Labute approximate surface area is 42.5 Å². The van der Waals surface area contributed by atoms with Crippen molar-refractivity contribution in [2.45, 2.75) is 19.1 Å². The van der Waals surface area contributed by atoms with Crippen LogP contribution in [0, 0.1) is 5.92 Å². The molecule has 0 bridgehead atoms. The van der Waals surface area contributed by atoms with Crippen LogP contribution in [0.3, 0.4) is 0 Å². The fraction of sp³-hybridized carbons (Fsp3) is 1.00. The summed E-state index contributed by atoms with van der Waals surface area (Å²) in [6, 6.07) is 0. The van der Waals surface area contributed by atoms with Crippen molar-refractivity contribution in [3.05, 3.63) is 0 Å².